The van der Waals surface area contributed by atoms with Crippen LogP contribution < -0.4 is 10.1 Å². The van der Waals surface area contributed by atoms with Crippen molar-refractivity contribution in [3.05, 3.63) is 29.3 Å². The predicted octanol–water partition coefficient (Wildman–Crippen LogP) is 2.95. The van der Waals surface area contributed by atoms with Gasteiger partial charge in [0.15, 0.2) is 0 Å². The van der Waals surface area contributed by atoms with Gasteiger partial charge in [0.05, 0.1) is 12.0 Å². The molecule has 2 rings (SSSR count). The van der Waals surface area contributed by atoms with E-state index in [0.717, 1.165) is 36.1 Å². The zero-order chi connectivity index (χ0) is 16.3. The highest BCUT2D eigenvalue weighted by molar-refractivity contribution is 5.79. The maximum absolute atomic E-state index is 12.2. The lowest BCUT2D eigenvalue weighted by atomic mass is 10.0. The molecule has 22 heavy (non-hydrogen) atoms. The minimum atomic E-state index is -0.497. The first-order valence-electron chi connectivity index (χ1n) is 8.00. The van der Waals surface area contributed by atoms with Crippen LogP contribution >= 0.6 is 0 Å². The monoisotopic (exact) mass is 305 g/mol. The van der Waals surface area contributed by atoms with Crippen LogP contribution in [-0.2, 0) is 11.3 Å². The molecule has 1 aliphatic carbocycles. The lowest BCUT2D eigenvalue weighted by Crippen LogP contribution is -2.34. The lowest BCUT2D eigenvalue weighted by molar-refractivity contribution is -0.127. The highest BCUT2D eigenvalue weighted by atomic mass is 16.5. The SMILES string of the molecule is Cc1ccc(CNC(=O)C2CCCC2O)c(OC(C)(C)C)c1. The topological polar surface area (TPSA) is 58.6 Å². The summed E-state index contributed by atoms with van der Waals surface area (Å²) < 4.78 is 5.99. The van der Waals surface area contributed by atoms with Gasteiger partial charge in [-0.25, -0.2) is 0 Å². The Morgan fingerprint density at radius 3 is 2.68 bits per heavy atom. The highest BCUT2D eigenvalue weighted by Crippen LogP contribution is 2.27. The molecule has 0 heterocycles. The van der Waals surface area contributed by atoms with Gasteiger partial charge < -0.3 is 15.2 Å². The first-order valence-corrected chi connectivity index (χ1v) is 8.00. The Balaban J connectivity index is 2.04. The molecule has 1 saturated carbocycles. The highest BCUT2D eigenvalue weighted by Gasteiger charge is 2.31. The van der Waals surface area contributed by atoms with E-state index in [1.807, 2.05) is 45.9 Å². The summed E-state index contributed by atoms with van der Waals surface area (Å²) in [6.45, 7) is 8.46. The summed E-state index contributed by atoms with van der Waals surface area (Å²) in [6.07, 6.45) is 1.92. The summed E-state index contributed by atoms with van der Waals surface area (Å²) >= 11 is 0. The number of amides is 1. The van der Waals surface area contributed by atoms with Crippen LogP contribution in [0.4, 0.5) is 0 Å². The molecule has 2 atom stereocenters. The molecule has 2 N–H and O–H groups in total. The molecule has 1 aliphatic rings. The van der Waals surface area contributed by atoms with Crippen molar-refractivity contribution < 1.29 is 14.6 Å². The standard InChI is InChI=1S/C18H27NO3/c1-12-8-9-13(16(10-12)22-18(2,3)4)11-19-17(21)14-6-5-7-15(14)20/h8-10,14-15,20H,5-7,11H2,1-4H3,(H,19,21). The van der Waals surface area contributed by atoms with E-state index in [9.17, 15) is 9.90 Å². The third-order valence-electron chi connectivity index (χ3n) is 3.91. The van der Waals surface area contributed by atoms with Crippen molar-refractivity contribution in [3.8, 4) is 5.75 Å². The average molecular weight is 305 g/mol. The molecule has 1 aromatic rings. The first-order chi connectivity index (χ1) is 10.3. The van der Waals surface area contributed by atoms with Crippen LogP contribution in [-0.4, -0.2) is 22.7 Å². The molecule has 0 aliphatic heterocycles. The Kier molecular flexibility index (Phi) is 5.12. The van der Waals surface area contributed by atoms with E-state index in [0.29, 0.717) is 6.54 Å². The molecular formula is C18H27NO3. The Bertz CT molecular complexity index is 534. The van der Waals surface area contributed by atoms with Gasteiger partial charge >= 0.3 is 0 Å². The third kappa shape index (κ3) is 4.47. The summed E-state index contributed by atoms with van der Waals surface area (Å²) in [5.41, 5.74) is 1.80. The van der Waals surface area contributed by atoms with Gasteiger partial charge in [-0.2, -0.15) is 0 Å². The van der Waals surface area contributed by atoms with Crippen LogP contribution in [0.5, 0.6) is 5.75 Å². The number of benzene rings is 1. The lowest BCUT2D eigenvalue weighted by Gasteiger charge is -2.24. The van der Waals surface area contributed by atoms with E-state index in [-0.39, 0.29) is 17.4 Å². The van der Waals surface area contributed by atoms with Crippen molar-refractivity contribution >= 4 is 5.91 Å². The molecule has 0 saturated heterocycles. The number of aliphatic hydroxyl groups is 1. The maximum atomic E-state index is 12.2. The van der Waals surface area contributed by atoms with Gasteiger partial charge in [0, 0.05) is 12.1 Å². The number of hydrogen-bond acceptors (Lipinski definition) is 3. The largest absolute Gasteiger partial charge is 0.488 e. The van der Waals surface area contributed by atoms with E-state index >= 15 is 0 Å². The van der Waals surface area contributed by atoms with Crippen LogP contribution in [0.3, 0.4) is 0 Å². The van der Waals surface area contributed by atoms with E-state index in [1.54, 1.807) is 0 Å². The predicted molar refractivity (Wildman–Crippen MR) is 86.8 cm³/mol. The van der Waals surface area contributed by atoms with Crippen molar-refractivity contribution in [3.63, 3.8) is 0 Å². The van der Waals surface area contributed by atoms with Gasteiger partial charge in [0.1, 0.15) is 11.4 Å². The van der Waals surface area contributed by atoms with Crippen molar-refractivity contribution in [2.45, 2.75) is 65.2 Å². The molecule has 2 unspecified atom stereocenters. The van der Waals surface area contributed by atoms with E-state index < -0.39 is 6.10 Å². The summed E-state index contributed by atoms with van der Waals surface area (Å²) in [5, 5.41) is 12.8. The van der Waals surface area contributed by atoms with Crippen LogP contribution in [0.1, 0.15) is 51.2 Å². The molecule has 4 nitrogen and oxygen atoms in total. The average Bonchev–Trinajstić information content (AvgIpc) is 2.82. The molecule has 1 fully saturated rings. The number of carbonyl (C=O) groups excluding carboxylic acids is 1. The number of rotatable bonds is 4. The molecular weight excluding hydrogens is 278 g/mol. The second-order valence-electron chi connectivity index (χ2n) is 7.15. The minimum Gasteiger partial charge on any atom is -0.488 e. The van der Waals surface area contributed by atoms with Gasteiger partial charge in [0.2, 0.25) is 5.91 Å². The normalized spacial score (nSPS) is 21.7. The van der Waals surface area contributed by atoms with Crippen molar-refractivity contribution in [2.24, 2.45) is 5.92 Å². The second-order valence-corrected chi connectivity index (χ2v) is 7.15. The van der Waals surface area contributed by atoms with Crippen LogP contribution in [0.25, 0.3) is 0 Å². The Hall–Kier alpha value is -1.55. The zero-order valence-corrected chi connectivity index (χ0v) is 14.0. The van der Waals surface area contributed by atoms with E-state index in [1.165, 1.54) is 0 Å². The second kappa shape index (κ2) is 6.69. The van der Waals surface area contributed by atoms with Crippen LogP contribution in [0, 0.1) is 12.8 Å². The number of carbonyl (C=O) groups is 1. The third-order valence-corrected chi connectivity index (χ3v) is 3.91. The Labute approximate surface area is 132 Å². The number of aryl methyl sites for hydroxylation is 1. The van der Waals surface area contributed by atoms with Gasteiger partial charge in [-0.1, -0.05) is 12.1 Å². The van der Waals surface area contributed by atoms with Crippen LogP contribution in [0.15, 0.2) is 18.2 Å². The number of nitrogens with one attached hydrogen (secondary N) is 1. The molecule has 122 valence electrons. The molecule has 0 radical (unpaired) electrons. The van der Waals surface area contributed by atoms with Crippen molar-refractivity contribution in [1.29, 1.82) is 0 Å². The van der Waals surface area contributed by atoms with E-state index in [4.69, 9.17) is 4.74 Å². The van der Waals surface area contributed by atoms with Crippen molar-refractivity contribution in [2.75, 3.05) is 0 Å². The molecule has 1 amide bonds. The number of ether oxygens (including phenoxy) is 1. The summed E-state index contributed by atoms with van der Waals surface area (Å²) in [4.78, 5) is 12.2. The number of hydrogen-bond donors (Lipinski definition) is 2. The maximum Gasteiger partial charge on any atom is 0.225 e. The quantitative estimate of drug-likeness (QED) is 0.899. The summed E-state index contributed by atoms with van der Waals surface area (Å²) in [6, 6.07) is 6.00. The fourth-order valence-electron chi connectivity index (χ4n) is 2.79. The summed E-state index contributed by atoms with van der Waals surface area (Å²) in [7, 11) is 0. The fraction of sp³-hybridized carbons (Fsp3) is 0.611. The molecule has 1 aromatic carbocycles. The smallest absolute Gasteiger partial charge is 0.225 e. The molecule has 0 aromatic heterocycles. The molecule has 4 heteroatoms. The van der Waals surface area contributed by atoms with Gasteiger partial charge in [-0.15, -0.1) is 0 Å². The summed E-state index contributed by atoms with van der Waals surface area (Å²) in [5.74, 6) is 0.476. The van der Waals surface area contributed by atoms with Gasteiger partial charge in [-0.05, 0) is 58.6 Å². The molecule has 0 spiro atoms. The number of aliphatic hydroxyl groups excluding tert-OH is 1. The Morgan fingerprint density at radius 2 is 2.09 bits per heavy atom. The van der Waals surface area contributed by atoms with Crippen molar-refractivity contribution in [1.82, 2.24) is 5.32 Å². The van der Waals surface area contributed by atoms with Gasteiger partial charge in [0.25, 0.3) is 0 Å². The van der Waals surface area contributed by atoms with Gasteiger partial charge in [-0.3, -0.25) is 4.79 Å². The van der Waals surface area contributed by atoms with Crippen LogP contribution in [0.2, 0.25) is 0 Å². The fourth-order valence-corrected chi connectivity index (χ4v) is 2.79. The zero-order valence-electron chi connectivity index (χ0n) is 14.0. The Morgan fingerprint density at radius 1 is 1.36 bits per heavy atom. The minimum absolute atomic E-state index is 0.0627. The first kappa shape index (κ1) is 16.8. The molecule has 0 bridgehead atoms. The van der Waals surface area contributed by atoms with E-state index in [2.05, 4.69) is 5.32 Å².